The molecule has 0 amide bonds. The van der Waals surface area contributed by atoms with Crippen LogP contribution in [-0.2, 0) is 10.8 Å². The van der Waals surface area contributed by atoms with Crippen molar-refractivity contribution in [3.8, 4) is 22.3 Å². The van der Waals surface area contributed by atoms with Crippen molar-refractivity contribution in [3.63, 3.8) is 0 Å². The normalized spacial score (nSPS) is 13.5. The highest BCUT2D eigenvalue weighted by molar-refractivity contribution is 7.00. The number of hydrogen-bond donors (Lipinski definition) is 0. The van der Waals surface area contributed by atoms with E-state index in [9.17, 15) is 0 Å². The average Bonchev–Trinajstić information content (AvgIpc) is 1.50. The van der Waals surface area contributed by atoms with Crippen molar-refractivity contribution in [2.45, 2.75) is 540 Å². The molecule has 8 heteroatoms. The third-order valence-corrected chi connectivity index (χ3v) is 28.2. The predicted octanol–water partition coefficient (Wildman–Crippen LogP) is 36.9. The maximum atomic E-state index is 20.2. The largest absolute Gasteiger partial charge is 0.206 e. The van der Waals surface area contributed by atoms with E-state index < -0.39 is 10.8 Å². The lowest BCUT2D eigenvalue weighted by molar-refractivity contribution is 0.374. The van der Waals surface area contributed by atoms with E-state index in [1.165, 1.54) is 434 Å². The van der Waals surface area contributed by atoms with Gasteiger partial charge in [-0.25, -0.2) is 8.78 Å². The molecule has 0 saturated heterocycles. The van der Waals surface area contributed by atoms with Gasteiger partial charge in [-0.15, -0.1) is 0 Å². The van der Waals surface area contributed by atoms with E-state index in [1.807, 2.05) is 0 Å². The number of hydrogen-bond acceptors (Lipinski definition) is 6. The first-order valence-electron chi connectivity index (χ1n) is 49.4. The fourth-order valence-electron chi connectivity index (χ4n) is 20.4. The van der Waals surface area contributed by atoms with Crippen molar-refractivity contribution in [1.82, 2.24) is 17.5 Å². The topological polar surface area (TPSA) is 51.6 Å². The van der Waals surface area contributed by atoms with Crippen molar-refractivity contribution >= 4 is 45.5 Å². The summed E-state index contributed by atoms with van der Waals surface area (Å²) in [7, 11) is 0. The second-order valence-electron chi connectivity index (χ2n) is 36.5. The molecule has 626 valence electrons. The van der Waals surface area contributed by atoms with Crippen molar-refractivity contribution in [1.29, 1.82) is 0 Å². The van der Waals surface area contributed by atoms with E-state index in [-0.39, 0.29) is 11.6 Å². The van der Waals surface area contributed by atoms with E-state index in [0.29, 0.717) is 22.3 Å². The van der Waals surface area contributed by atoms with Crippen LogP contribution in [0.2, 0.25) is 0 Å². The van der Waals surface area contributed by atoms with Gasteiger partial charge in [-0.05, 0) is 61.8 Å². The molecular weight excluding hydrogens is 1380 g/mol. The number of aryl methyl sites for hydroxylation is 2. The van der Waals surface area contributed by atoms with E-state index >= 15 is 8.78 Å². The first kappa shape index (κ1) is 94.3. The smallest absolute Gasteiger partial charge is 0.136 e. The van der Waals surface area contributed by atoms with Crippen LogP contribution in [0.1, 0.15) is 549 Å². The zero-order valence-corrected chi connectivity index (χ0v) is 74.9. The van der Waals surface area contributed by atoms with Crippen LogP contribution in [0.15, 0.2) is 12.1 Å². The minimum absolute atomic E-state index is 0.164. The van der Waals surface area contributed by atoms with E-state index in [4.69, 9.17) is 17.5 Å². The van der Waals surface area contributed by atoms with Gasteiger partial charge in [0, 0.05) is 44.2 Å². The number of halogens is 2. The minimum atomic E-state index is -0.687. The summed E-state index contributed by atoms with van der Waals surface area (Å²) in [6, 6.07) is 4.71. The number of benzene rings is 3. The summed E-state index contributed by atoms with van der Waals surface area (Å²) in [5.74, 6) is -0.327. The number of aromatic nitrogens is 4. The molecule has 2 aliphatic rings. The molecule has 0 aliphatic heterocycles. The molecule has 0 unspecified atom stereocenters. The summed E-state index contributed by atoms with van der Waals surface area (Å²) in [5.41, 5.74) is 10.4. The van der Waals surface area contributed by atoms with Gasteiger partial charge in [0.05, 0.1) is 23.5 Å². The maximum absolute atomic E-state index is 20.2. The first-order valence-corrected chi connectivity index (χ1v) is 50.9. The Kier molecular flexibility index (Phi) is 50.5. The summed E-state index contributed by atoms with van der Waals surface area (Å²) in [6.07, 6.45) is 99.2. The quantitative estimate of drug-likeness (QED) is 0.0364. The zero-order chi connectivity index (χ0) is 77.6. The van der Waals surface area contributed by atoms with Crippen LogP contribution < -0.4 is 0 Å². The molecule has 0 saturated carbocycles. The molecule has 2 heterocycles. The Labute approximate surface area is 687 Å². The Morgan fingerprint density at radius 3 is 0.545 bits per heavy atom. The van der Waals surface area contributed by atoms with Crippen LogP contribution in [0.5, 0.6) is 0 Å². The molecule has 7 rings (SSSR count). The molecular formula is C102H172F2N4S2. The van der Waals surface area contributed by atoms with Crippen molar-refractivity contribution in [2.75, 3.05) is 0 Å². The molecule has 0 radical (unpaired) electrons. The van der Waals surface area contributed by atoms with Crippen LogP contribution in [0, 0.1) is 25.5 Å². The molecule has 5 aromatic rings. The molecule has 0 bridgehead atoms. The minimum Gasteiger partial charge on any atom is -0.206 e. The van der Waals surface area contributed by atoms with E-state index in [0.717, 1.165) is 132 Å². The zero-order valence-electron chi connectivity index (χ0n) is 73.3. The SMILES string of the molecule is CCCCCCCCCCCCCCCCCCCCC1(CCCCCCCCCCCCCCCCCCCC)c2cc(C)c3nsnc3c2-c2c(F)c3c(c(F)c21)-c1c(cc(C)c2nsnc12)C3(CCCCCCCCCCCCCCCCCCCC)CCCCCCCCCCCCCCCCCCCC. The number of fused-ring (bicyclic) bond motifs is 10. The fourth-order valence-corrected chi connectivity index (χ4v) is 21.6. The Balaban J connectivity index is 1.09. The molecule has 0 fully saturated rings. The summed E-state index contributed by atoms with van der Waals surface area (Å²) < 4.78 is 60.7. The molecule has 3 aromatic carbocycles. The van der Waals surface area contributed by atoms with Crippen LogP contribution in [-0.4, -0.2) is 17.5 Å². The molecule has 0 N–H and O–H groups in total. The Hall–Kier alpha value is -2.84. The van der Waals surface area contributed by atoms with Gasteiger partial charge in [0.1, 0.15) is 33.7 Å². The van der Waals surface area contributed by atoms with Crippen molar-refractivity contribution < 1.29 is 8.78 Å². The molecule has 4 nitrogen and oxygen atoms in total. The molecule has 0 spiro atoms. The number of rotatable bonds is 76. The van der Waals surface area contributed by atoms with Gasteiger partial charge in [-0.1, -0.05) is 502 Å². The van der Waals surface area contributed by atoms with Gasteiger partial charge in [-0.3, -0.25) is 0 Å². The second kappa shape index (κ2) is 58.9. The lowest BCUT2D eigenvalue weighted by Gasteiger charge is -2.35. The number of unbranched alkanes of at least 4 members (excludes halogenated alkanes) is 68. The highest BCUT2D eigenvalue weighted by atomic mass is 32.1. The summed E-state index contributed by atoms with van der Waals surface area (Å²) >= 11 is 2.49. The third kappa shape index (κ3) is 31.9. The number of nitrogens with zero attached hydrogens (tertiary/aromatic N) is 4. The van der Waals surface area contributed by atoms with Gasteiger partial charge in [-0.2, -0.15) is 17.5 Å². The molecule has 0 atom stereocenters. The Bertz CT molecular complexity index is 2830. The Morgan fingerprint density at radius 1 is 0.218 bits per heavy atom. The highest BCUT2D eigenvalue weighted by Gasteiger charge is 2.55. The monoisotopic (exact) mass is 1560 g/mol. The standard InChI is InChI=1S/C102H172F2N4S2/c1-7-11-15-19-23-27-31-35-39-43-47-51-55-59-63-67-71-75-79-101(80-76-72-68-64-60-56-52-48-44-40-36-32-28-24-20-16-12-8-2)87-83-85(5)97-99(107-109-105-97)89(87)91-93(101)95(103)92-90-88(84-86(6)98-100(90)108-110-106-98)102(94(92)96(91)104,81-77-73-69-65-61-57-53-49-45-41-37-33-29-25-21-17-13-9-3)82-78-74-70-66-62-58-54-50-46-42-38-34-30-26-22-18-14-10-4/h83-84H,7-82H2,1-6H3. The van der Waals surface area contributed by atoms with Gasteiger partial charge in [0.15, 0.2) is 0 Å². The third-order valence-electron chi connectivity index (χ3n) is 27.2. The highest BCUT2D eigenvalue weighted by Crippen LogP contribution is 2.65. The van der Waals surface area contributed by atoms with Crippen molar-refractivity contribution in [2.24, 2.45) is 0 Å². The van der Waals surface area contributed by atoms with Gasteiger partial charge in [0.25, 0.3) is 0 Å². The second-order valence-corrected chi connectivity index (χ2v) is 37.5. The van der Waals surface area contributed by atoms with Gasteiger partial charge in [0.2, 0.25) is 0 Å². The lowest BCUT2D eigenvalue weighted by Crippen LogP contribution is -2.29. The lowest BCUT2D eigenvalue weighted by atomic mass is 9.68. The summed E-state index contributed by atoms with van der Waals surface area (Å²) in [6.45, 7) is 13.6. The van der Waals surface area contributed by atoms with E-state index in [2.05, 4.69) is 53.7 Å². The molecule has 2 aromatic heterocycles. The van der Waals surface area contributed by atoms with Crippen LogP contribution in [0.25, 0.3) is 44.3 Å². The maximum Gasteiger partial charge on any atom is 0.136 e. The van der Waals surface area contributed by atoms with Crippen LogP contribution >= 0.6 is 23.5 Å². The van der Waals surface area contributed by atoms with Crippen molar-refractivity contribution in [3.05, 3.63) is 57.1 Å². The molecule has 2 aliphatic carbocycles. The van der Waals surface area contributed by atoms with Crippen LogP contribution in [0.4, 0.5) is 8.78 Å². The van der Waals surface area contributed by atoms with E-state index in [1.54, 1.807) is 0 Å². The summed E-state index contributed by atoms with van der Waals surface area (Å²) in [4.78, 5) is 0. The molecule has 110 heavy (non-hydrogen) atoms. The van der Waals surface area contributed by atoms with Gasteiger partial charge < -0.3 is 0 Å². The predicted molar refractivity (Wildman–Crippen MR) is 484 cm³/mol. The van der Waals surface area contributed by atoms with Crippen LogP contribution in [0.3, 0.4) is 0 Å². The summed E-state index contributed by atoms with van der Waals surface area (Å²) in [5, 5.41) is 0. The first-order chi connectivity index (χ1) is 54.3. The average molecular weight is 1560 g/mol. The fraction of sp³-hybridized carbons (Fsp3) is 0.824. The Morgan fingerprint density at radius 2 is 0.373 bits per heavy atom. The van der Waals surface area contributed by atoms with Gasteiger partial charge >= 0.3 is 0 Å².